The van der Waals surface area contributed by atoms with Crippen molar-refractivity contribution in [3.05, 3.63) is 41.7 Å². The van der Waals surface area contributed by atoms with Gasteiger partial charge < -0.3 is 14.6 Å². The highest BCUT2D eigenvalue weighted by molar-refractivity contribution is 5.96. The lowest BCUT2D eigenvalue weighted by Crippen LogP contribution is -2.31. The molecule has 1 aromatic carbocycles. The molecular formula is C18H21N3O3. The summed E-state index contributed by atoms with van der Waals surface area (Å²) in [5, 5.41) is 2.60. The summed E-state index contributed by atoms with van der Waals surface area (Å²) in [6.07, 6.45) is 4.07. The fourth-order valence-corrected chi connectivity index (χ4v) is 3.02. The highest BCUT2D eigenvalue weighted by atomic mass is 16.5. The van der Waals surface area contributed by atoms with E-state index in [1.165, 1.54) is 7.11 Å². The Morgan fingerprint density at radius 2 is 2.00 bits per heavy atom. The van der Waals surface area contributed by atoms with E-state index in [-0.39, 0.29) is 12.5 Å². The first-order valence-electron chi connectivity index (χ1n) is 8.20. The summed E-state index contributed by atoms with van der Waals surface area (Å²) in [7, 11) is 1.30. The Morgan fingerprint density at radius 1 is 1.21 bits per heavy atom. The predicted octanol–water partition coefficient (Wildman–Crippen LogP) is 2.18. The number of carbonyl (C=O) groups is 2. The summed E-state index contributed by atoms with van der Waals surface area (Å²) in [6, 6.07) is 9.88. The summed E-state index contributed by atoms with van der Waals surface area (Å²) in [6.45, 7) is 0.707. The number of hydrogen-bond donors (Lipinski definition) is 1. The fourth-order valence-electron chi connectivity index (χ4n) is 3.02. The second kappa shape index (κ2) is 7.29. The van der Waals surface area contributed by atoms with Crippen LogP contribution in [0.5, 0.6) is 0 Å². The van der Waals surface area contributed by atoms with Gasteiger partial charge in [0.05, 0.1) is 12.8 Å². The number of hydrogen-bond acceptors (Lipinski definition) is 4. The standard InChI is InChI=1S/C18H21N3O3/c1-24-15(22)12-19-18(23)16-14-10-6-3-7-11-21(14)17(20-16)13-8-4-2-5-9-13/h2,4-5,8-9H,3,6-7,10-12H2,1H3,(H,19,23). The van der Waals surface area contributed by atoms with Crippen LogP contribution in [0.2, 0.25) is 0 Å². The zero-order chi connectivity index (χ0) is 16.9. The van der Waals surface area contributed by atoms with Gasteiger partial charge in [0, 0.05) is 12.1 Å². The first kappa shape index (κ1) is 16.2. The Bertz CT molecular complexity index is 737. The van der Waals surface area contributed by atoms with Gasteiger partial charge in [0.2, 0.25) is 0 Å². The quantitative estimate of drug-likeness (QED) is 0.874. The maximum Gasteiger partial charge on any atom is 0.325 e. The fraction of sp³-hybridized carbons (Fsp3) is 0.389. The highest BCUT2D eigenvalue weighted by Gasteiger charge is 2.24. The number of imidazole rings is 1. The van der Waals surface area contributed by atoms with Crippen molar-refractivity contribution in [1.82, 2.24) is 14.9 Å². The summed E-state index contributed by atoms with van der Waals surface area (Å²) in [4.78, 5) is 28.4. The molecule has 0 spiro atoms. The smallest absolute Gasteiger partial charge is 0.325 e. The third-order valence-corrected chi connectivity index (χ3v) is 4.24. The molecule has 0 aliphatic carbocycles. The van der Waals surface area contributed by atoms with Gasteiger partial charge in [0.25, 0.3) is 5.91 Å². The molecule has 6 heteroatoms. The van der Waals surface area contributed by atoms with Crippen LogP contribution in [-0.2, 0) is 22.5 Å². The van der Waals surface area contributed by atoms with E-state index in [1.54, 1.807) is 0 Å². The van der Waals surface area contributed by atoms with E-state index in [9.17, 15) is 9.59 Å². The molecule has 6 nitrogen and oxygen atoms in total. The van der Waals surface area contributed by atoms with Crippen molar-refractivity contribution >= 4 is 11.9 Å². The first-order valence-corrected chi connectivity index (χ1v) is 8.20. The molecule has 1 amide bonds. The monoisotopic (exact) mass is 327 g/mol. The third kappa shape index (κ3) is 3.32. The largest absolute Gasteiger partial charge is 0.468 e. The van der Waals surface area contributed by atoms with E-state index >= 15 is 0 Å². The van der Waals surface area contributed by atoms with Crippen LogP contribution in [0, 0.1) is 0 Å². The molecule has 24 heavy (non-hydrogen) atoms. The molecule has 1 aliphatic heterocycles. The molecule has 1 aromatic heterocycles. The van der Waals surface area contributed by atoms with E-state index in [2.05, 4.69) is 19.6 Å². The Labute approximate surface area is 140 Å². The van der Waals surface area contributed by atoms with Gasteiger partial charge in [-0.25, -0.2) is 4.98 Å². The van der Waals surface area contributed by atoms with Crippen molar-refractivity contribution in [2.75, 3.05) is 13.7 Å². The minimum atomic E-state index is -0.475. The number of aromatic nitrogens is 2. The molecule has 2 aromatic rings. The minimum absolute atomic E-state index is 0.150. The first-order chi connectivity index (χ1) is 11.7. The zero-order valence-corrected chi connectivity index (χ0v) is 13.7. The van der Waals surface area contributed by atoms with E-state index in [4.69, 9.17) is 0 Å². The van der Waals surface area contributed by atoms with Gasteiger partial charge in [-0.05, 0) is 19.3 Å². The zero-order valence-electron chi connectivity index (χ0n) is 13.7. The molecular weight excluding hydrogens is 306 g/mol. The van der Waals surface area contributed by atoms with Crippen LogP contribution in [0.15, 0.2) is 30.3 Å². The third-order valence-electron chi connectivity index (χ3n) is 4.24. The van der Waals surface area contributed by atoms with E-state index < -0.39 is 5.97 Å². The number of esters is 1. The van der Waals surface area contributed by atoms with Gasteiger partial charge in [0.1, 0.15) is 18.1 Å². The van der Waals surface area contributed by atoms with E-state index in [1.807, 2.05) is 30.3 Å². The molecule has 0 fully saturated rings. The number of fused-ring (bicyclic) bond motifs is 1. The van der Waals surface area contributed by atoms with Gasteiger partial charge in [-0.3, -0.25) is 9.59 Å². The molecule has 126 valence electrons. The molecule has 0 atom stereocenters. The molecule has 0 saturated heterocycles. The summed E-state index contributed by atoms with van der Waals surface area (Å²) in [5.74, 6) is 0.0147. The van der Waals surface area contributed by atoms with Crippen LogP contribution in [-0.4, -0.2) is 35.1 Å². The highest BCUT2D eigenvalue weighted by Crippen LogP contribution is 2.27. The number of benzene rings is 1. The summed E-state index contributed by atoms with van der Waals surface area (Å²) in [5.41, 5.74) is 2.36. The molecule has 0 unspecified atom stereocenters. The van der Waals surface area contributed by atoms with Crippen LogP contribution in [0.25, 0.3) is 11.4 Å². The molecule has 0 radical (unpaired) electrons. The molecule has 1 N–H and O–H groups in total. The molecule has 3 rings (SSSR count). The van der Waals surface area contributed by atoms with E-state index in [0.717, 1.165) is 49.3 Å². The lowest BCUT2D eigenvalue weighted by atomic mass is 10.1. The molecule has 0 bridgehead atoms. The number of methoxy groups -OCH3 is 1. The Hall–Kier alpha value is -2.63. The normalized spacial score (nSPS) is 13.7. The van der Waals surface area contributed by atoms with Gasteiger partial charge in [-0.2, -0.15) is 0 Å². The number of nitrogens with zero attached hydrogens (tertiary/aromatic N) is 2. The maximum absolute atomic E-state index is 12.5. The van der Waals surface area contributed by atoms with Gasteiger partial charge in [0.15, 0.2) is 0 Å². The van der Waals surface area contributed by atoms with Crippen molar-refractivity contribution in [3.63, 3.8) is 0 Å². The van der Waals surface area contributed by atoms with Crippen molar-refractivity contribution in [1.29, 1.82) is 0 Å². The van der Waals surface area contributed by atoms with Gasteiger partial charge in [-0.1, -0.05) is 36.8 Å². The summed E-state index contributed by atoms with van der Waals surface area (Å²) >= 11 is 0. The Balaban J connectivity index is 1.96. The number of amides is 1. The molecule has 0 saturated carbocycles. The van der Waals surface area contributed by atoms with Crippen LogP contribution >= 0.6 is 0 Å². The SMILES string of the molecule is COC(=O)CNC(=O)c1nc(-c2ccccc2)n2c1CCCCC2. The van der Waals surface area contributed by atoms with Crippen LogP contribution < -0.4 is 5.32 Å². The van der Waals surface area contributed by atoms with Crippen LogP contribution in [0.3, 0.4) is 0 Å². The Morgan fingerprint density at radius 3 is 2.75 bits per heavy atom. The van der Waals surface area contributed by atoms with Gasteiger partial charge >= 0.3 is 5.97 Å². The van der Waals surface area contributed by atoms with Crippen molar-refractivity contribution in [3.8, 4) is 11.4 Å². The van der Waals surface area contributed by atoms with Crippen LogP contribution in [0.4, 0.5) is 0 Å². The summed E-state index contributed by atoms with van der Waals surface area (Å²) < 4.78 is 6.71. The second-order valence-electron chi connectivity index (χ2n) is 5.82. The molecule has 2 heterocycles. The van der Waals surface area contributed by atoms with Crippen molar-refractivity contribution in [2.45, 2.75) is 32.2 Å². The van der Waals surface area contributed by atoms with Crippen molar-refractivity contribution in [2.24, 2.45) is 0 Å². The average Bonchev–Trinajstić information content (AvgIpc) is 2.81. The maximum atomic E-state index is 12.5. The second-order valence-corrected chi connectivity index (χ2v) is 5.82. The minimum Gasteiger partial charge on any atom is -0.468 e. The topological polar surface area (TPSA) is 73.2 Å². The van der Waals surface area contributed by atoms with Gasteiger partial charge in [-0.15, -0.1) is 0 Å². The number of ether oxygens (including phenoxy) is 1. The van der Waals surface area contributed by atoms with Crippen molar-refractivity contribution < 1.29 is 14.3 Å². The lowest BCUT2D eigenvalue weighted by molar-refractivity contribution is -0.139. The van der Waals surface area contributed by atoms with E-state index in [0.29, 0.717) is 5.69 Å². The number of nitrogens with one attached hydrogen (secondary N) is 1. The average molecular weight is 327 g/mol. The lowest BCUT2D eigenvalue weighted by Gasteiger charge is -2.08. The predicted molar refractivity (Wildman–Crippen MR) is 89.6 cm³/mol. The number of rotatable bonds is 4. The van der Waals surface area contributed by atoms with Crippen LogP contribution in [0.1, 0.15) is 35.4 Å². The number of carbonyl (C=O) groups excluding carboxylic acids is 2. The Kier molecular flexibility index (Phi) is 4.93. The molecule has 1 aliphatic rings.